The highest BCUT2D eigenvalue weighted by atomic mass is 32.2. The zero-order valence-electron chi connectivity index (χ0n) is 20.8. The summed E-state index contributed by atoms with van der Waals surface area (Å²) < 4.78 is 2.40. The zero-order chi connectivity index (χ0) is 24.4. The summed E-state index contributed by atoms with van der Waals surface area (Å²) in [5.74, 6) is 0.896. The number of nitrogens with two attached hydrogens (primary N) is 1. The van der Waals surface area contributed by atoms with Gasteiger partial charge in [-0.15, -0.1) is 0 Å². The van der Waals surface area contributed by atoms with E-state index in [1.165, 1.54) is 5.70 Å². The Morgan fingerprint density at radius 1 is 1.09 bits per heavy atom. The van der Waals surface area contributed by atoms with Crippen LogP contribution in [0.1, 0.15) is 51.1 Å². The van der Waals surface area contributed by atoms with Crippen molar-refractivity contribution in [1.29, 1.82) is 0 Å². The van der Waals surface area contributed by atoms with Gasteiger partial charge in [-0.05, 0) is 50.9 Å². The fourth-order valence-corrected chi connectivity index (χ4v) is 6.25. The van der Waals surface area contributed by atoms with Crippen LogP contribution in [0.25, 0.3) is 11.2 Å². The average Bonchev–Trinajstić information content (AvgIpc) is 3.22. The molecule has 186 valence electrons. The monoisotopic (exact) mass is 492 g/mol. The van der Waals surface area contributed by atoms with E-state index in [-0.39, 0.29) is 0 Å². The molecule has 2 N–H and O–H groups in total. The fourth-order valence-electron chi connectivity index (χ4n) is 5.33. The summed E-state index contributed by atoms with van der Waals surface area (Å²) in [6.45, 7) is 14.1. The number of nitrogens with zero attached hydrogens (tertiary/aromatic N) is 7. The third-order valence-electron chi connectivity index (χ3n) is 7.18. The van der Waals surface area contributed by atoms with E-state index in [1.54, 1.807) is 0 Å². The van der Waals surface area contributed by atoms with Crippen molar-refractivity contribution in [3.63, 3.8) is 0 Å². The number of imidazole rings is 1. The molecule has 2 aliphatic rings. The Morgan fingerprint density at radius 3 is 2.49 bits per heavy atom. The number of likely N-dealkylation sites (tertiary alicyclic amines) is 2. The van der Waals surface area contributed by atoms with E-state index in [9.17, 15) is 0 Å². The van der Waals surface area contributed by atoms with Gasteiger partial charge in [0.1, 0.15) is 5.52 Å². The van der Waals surface area contributed by atoms with E-state index in [0.29, 0.717) is 23.2 Å². The smallest absolute Gasteiger partial charge is 0.219 e. The van der Waals surface area contributed by atoms with Crippen LogP contribution >= 0.6 is 11.8 Å². The Hall–Kier alpha value is -2.65. The predicted octanol–water partition coefficient (Wildman–Crippen LogP) is 4.37. The lowest BCUT2D eigenvalue weighted by molar-refractivity contribution is 0.153. The third kappa shape index (κ3) is 5.46. The minimum Gasteiger partial charge on any atom is -0.375 e. The van der Waals surface area contributed by atoms with Gasteiger partial charge in [-0.1, -0.05) is 32.2 Å². The number of rotatable bonds is 7. The van der Waals surface area contributed by atoms with Crippen molar-refractivity contribution in [1.82, 2.24) is 34.3 Å². The molecule has 0 radical (unpaired) electrons. The summed E-state index contributed by atoms with van der Waals surface area (Å²) >= 11 is 1.84. The molecule has 2 saturated heterocycles. The van der Waals surface area contributed by atoms with E-state index >= 15 is 0 Å². The molecule has 35 heavy (non-hydrogen) atoms. The van der Waals surface area contributed by atoms with Gasteiger partial charge in [0.15, 0.2) is 10.8 Å². The molecule has 9 heteroatoms. The van der Waals surface area contributed by atoms with Crippen molar-refractivity contribution in [2.75, 3.05) is 31.9 Å². The lowest BCUT2D eigenvalue weighted by atomic mass is 9.91. The molecule has 0 atom stereocenters. The highest BCUT2D eigenvalue weighted by Gasteiger charge is 2.29. The molecule has 0 aliphatic carbocycles. The maximum atomic E-state index is 5.61. The number of nitrogen functional groups attached to an aromatic ring is 1. The van der Waals surface area contributed by atoms with E-state index < -0.39 is 0 Å². The molecule has 5 rings (SSSR count). The molecule has 0 spiro atoms. The molecule has 8 nitrogen and oxygen atoms in total. The van der Waals surface area contributed by atoms with Gasteiger partial charge in [0.2, 0.25) is 5.95 Å². The van der Waals surface area contributed by atoms with Crippen LogP contribution in [0.15, 0.2) is 48.2 Å². The molecule has 0 unspecified atom stereocenters. The molecule has 3 aromatic rings. The molecular formula is C26H36N8S. The molecular weight excluding hydrogens is 456 g/mol. The summed E-state index contributed by atoms with van der Waals surface area (Å²) in [5, 5.41) is 1.59. The highest BCUT2D eigenvalue weighted by molar-refractivity contribution is 7.99. The lowest BCUT2D eigenvalue weighted by Crippen LogP contribution is -2.40. The topological polar surface area (TPSA) is 89.0 Å². The standard InChI is InChI=1S/C26H36N8S/c1-18(2)35-26-31-23-5-4-10-28-24(23)34(26)22-8-13-33(14-9-22)19(3)21-6-11-32(12-7-21)17-20-15-29-25(27)30-16-20/h4-5,10,15-16,18,21-22H,3,6-9,11-14,17H2,1-2H3,(H2,27,29,30). The largest absolute Gasteiger partial charge is 0.375 e. The maximum Gasteiger partial charge on any atom is 0.219 e. The van der Waals surface area contributed by atoms with Gasteiger partial charge in [-0.25, -0.2) is 19.9 Å². The van der Waals surface area contributed by atoms with Crippen LogP contribution in [0.2, 0.25) is 0 Å². The Balaban J connectivity index is 1.17. The molecule has 3 aromatic heterocycles. The summed E-state index contributed by atoms with van der Waals surface area (Å²) in [4.78, 5) is 22.9. The first kappa shape index (κ1) is 24.1. The lowest BCUT2D eigenvalue weighted by Gasteiger charge is -2.40. The third-order valence-corrected chi connectivity index (χ3v) is 8.15. The summed E-state index contributed by atoms with van der Waals surface area (Å²) in [5.41, 5.74) is 10.1. The molecule has 0 amide bonds. The zero-order valence-corrected chi connectivity index (χ0v) is 21.6. The molecule has 0 aromatic carbocycles. The normalized spacial score (nSPS) is 18.5. The number of hydrogen-bond donors (Lipinski definition) is 1. The number of pyridine rings is 1. The number of piperidine rings is 2. The average molecular weight is 493 g/mol. The molecule has 5 heterocycles. The van der Waals surface area contributed by atoms with E-state index in [0.717, 1.165) is 80.3 Å². The van der Waals surface area contributed by atoms with Gasteiger partial charge in [0.25, 0.3) is 0 Å². The fraction of sp³-hybridized carbons (Fsp3) is 0.538. The molecule has 2 fully saturated rings. The van der Waals surface area contributed by atoms with Gasteiger partial charge >= 0.3 is 0 Å². The predicted molar refractivity (Wildman–Crippen MR) is 142 cm³/mol. The first-order valence-corrected chi connectivity index (χ1v) is 13.6. The maximum absolute atomic E-state index is 5.61. The van der Waals surface area contributed by atoms with Crippen LogP contribution in [0.5, 0.6) is 0 Å². The van der Waals surface area contributed by atoms with Gasteiger partial charge in [0.05, 0.1) is 0 Å². The summed E-state index contributed by atoms with van der Waals surface area (Å²) in [6, 6.07) is 4.49. The van der Waals surface area contributed by atoms with Crippen LogP contribution in [-0.2, 0) is 6.54 Å². The van der Waals surface area contributed by atoms with Crippen LogP contribution in [0.3, 0.4) is 0 Å². The number of anilines is 1. The van der Waals surface area contributed by atoms with Crippen molar-refractivity contribution < 1.29 is 0 Å². The highest BCUT2D eigenvalue weighted by Crippen LogP contribution is 2.36. The van der Waals surface area contributed by atoms with Crippen molar-refractivity contribution in [2.45, 2.75) is 62.5 Å². The molecule has 2 aliphatic heterocycles. The number of thioether (sulfide) groups is 1. The van der Waals surface area contributed by atoms with Crippen LogP contribution in [0.4, 0.5) is 5.95 Å². The molecule has 0 saturated carbocycles. The number of allylic oxidation sites excluding steroid dienone is 1. The van der Waals surface area contributed by atoms with E-state index in [1.807, 2.05) is 36.4 Å². The quantitative estimate of drug-likeness (QED) is 0.487. The van der Waals surface area contributed by atoms with Crippen molar-refractivity contribution in [3.8, 4) is 0 Å². The first-order chi connectivity index (χ1) is 17.0. The van der Waals surface area contributed by atoms with Crippen LogP contribution in [0, 0.1) is 5.92 Å². The van der Waals surface area contributed by atoms with E-state index in [2.05, 4.69) is 50.8 Å². The van der Waals surface area contributed by atoms with Crippen molar-refractivity contribution in [2.24, 2.45) is 5.92 Å². The van der Waals surface area contributed by atoms with Gasteiger partial charge in [-0.3, -0.25) is 4.90 Å². The number of aromatic nitrogens is 5. The Bertz CT molecular complexity index is 1140. The Kier molecular flexibility index (Phi) is 7.24. The minimum atomic E-state index is 0.333. The second-order valence-corrected chi connectivity index (χ2v) is 11.5. The summed E-state index contributed by atoms with van der Waals surface area (Å²) in [7, 11) is 0. The van der Waals surface area contributed by atoms with Crippen LogP contribution < -0.4 is 5.73 Å². The summed E-state index contributed by atoms with van der Waals surface area (Å²) in [6.07, 6.45) is 10.1. The van der Waals surface area contributed by atoms with Gasteiger partial charge in [-0.2, -0.15) is 0 Å². The van der Waals surface area contributed by atoms with Crippen molar-refractivity contribution >= 4 is 28.9 Å². The SMILES string of the molecule is C=C(C1CCN(Cc2cnc(N)nc2)CC1)N1CCC(n2c(SC(C)C)nc3cccnc32)CC1. The Labute approximate surface area is 212 Å². The van der Waals surface area contributed by atoms with Crippen LogP contribution in [-0.4, -0.2) is 65.7 Å². The van der Waals surface area contributed by atoms with E-state index in [4.69, 9.17) is 15.7 Å². The number of hydrogen-bond acceptors (Lipinski definition) is 8. The Morgan fingerprint density at radius 2 is 1.80 bits per heavy atom. The second kappa shape index (κ2) is 10.5. The first-order valence-electron chi connectivity index (χ1n) is 12.7. The van der Waals surface area contributed by atoms with Gasteiger partial charge < -0.3 is 15.2 Å². The van der Waals surface area contributed by atoms with Gasteiger partial charge in [0, 0.05) is 66.7 Å². The van der Waals surface area contributed by atoms with Crippen molar-refractivity contribution in [3.05, 3.63) is 48.6 Å². The number of fused-ring (bicyclic) bond motifs is 1. The molecule has 0 bridgehead atoms. The second-order valence-electron chi connectivity index (χ2n) is 9.99. The minimum absolute atomic E-state index is 0.333.